The number of rotatable bonds is 3. The highest BCUT2D eigenvalue weighted by Crippen LogP contribution is 2.34. The predicted octanol–water partition coefficient (Wildman–Crippen LogP) is 5.10. The second kappa shape index (κ2) is 6.54. The van der Waals surface area contributed by atoms with Gasteiger partial charge in [0.2, 0.25) is 0 Å². The molecular weight excluding hydrogens is 379 g/mol. The van der Waals surface area contributed by atoms with E-state index in [-0.39, 0.29) is 0 Å². The molecule has 6 nitrogen and oxygen atoms in total. The van der Waals surface area contributed by atoms with Crippen molar-refractivity contribution in [3.8, 4) is 11.4 Å². The molecule has 136 valence electrons. The zero-order valence-corrected chi connectivity index (χ0v) is 15.1. The maximum Gasteiger partial charge on any atom is 0.163 e. The number of nitrogens with one attached hydrogen (secondary N) is 2. The van der Waals surface area contributed by atoms with Crippen LogP contribution >= 0.6 is 11.6 Å². The Morgan fingerprint density at radius 1 is 1.04 bits per heavy atom. The van der Waals surface area contributed by atoms with Gasteiger partial charge in [-0.15, -0.1) is 10.2 Å². The molecule has 3 aromatic heterocycles. The van der Waals surface area contributed by atoms with Crippen LogP contribution in [0.25, 0.3) is 33.1 Å². The van der Waals surface area contributed by atoms with Crippen LogP contribution < -0.4 is 5.32 Å². The summed E-state index contributed by atoms with van der Waals surface area (Å²) in [6.45, 7) is 0. The van der Waals surface area contributed by atoms with Gasteiger partial charge < -0.3 is 10.3 Å². The first-order valence-electron chi connectivity index (χ1n) is 8.45. The predicted molar refractivity (Wildman–Crippen MR) is 107 cm³/mol. The number of H-pyrrole nitrogens is 1. The molecule has 2 N–H and O–H groups in total. The van der Waals surface area contributed by atoms with Gasteiger partial charge in [-0.3, -0.25) is 4.98 Å². The van der Waals surface area contributed by atoms with Crippen LogP contribution in [0.2, 0.25) is 5.02 Å². The first kappa shape index (κ1) is 16.6. The summed E-state index contributed by atoms with van der Waals surface area (Å²) in [4.78, 5) is 12.1. The lowest BCUT2D eigenvalue weighted by Gasteiger charge is -2.13. The van der Waals surface area contributed by atoms with Gasteiger partial charge in [-0.1, -0.05) is 23.7 Å². The van der Waals surface area contributed by atoms with Crippen LogP contribution in [0.3, 0.4) is 0 Å². The van der Waals surface area contributed by atoms with Gasteiger partial charge in [-0.05, 0) is 30.3 Å². The van der Waals surface area contributed by atoms with E-state index in [0.717, 1.165) is 27.2 Å². The molecule has 0 radical (unpaired) electrons. The van der Waals surface area contributed by atoms with E-state index in [2.05, 4.69) is 25.5 Å². The van der Waals surface area contributed by atoms with Crippen molar-refractivity contribution in [2.45, 2.75) is 0 Å². The standard InChI is InChI=1S/C20H12ClFN6/c21-11-6-12(22)8-13(7-11)26-20-15-4-5-23-9-17(15)14-2-1-3-16(18(14)27-20)19-24-10-25-28-19/h1-10H,(H,26,27)(H,24,25,28). The number of aromatic nitrogens is 5. The van der Waals surface area contributed by atoms with Crippen LogP contribution in [0.15, 0.2) is 61.2 Å². The Balaban J connectivity index is 1.79. The van der Waals surface area contributed by atoms with E-state index < -0.39 is 5.82 Å². The molecule has 5 aromatic rings. The molecule has 0 fully saturated rings. The number of fused-ring (bicyclic) bond motifs is 3. The minimum atomic E-state index is -0.427. The molecule has 0 aliphatic carbocycles. The van der Waals surface area contributed by atoms with E-state index in [1.54, 1.807) is 18.5 Å². The third-order valence-electron chi connectivity index (χ3n) is 4.42. The first-order valence-corrected chi connectivity index (χ1v) is 8.83. The van der Waals surface area contributed by atoms with Crippen molar-refractivity contribution in [2.24, 2.45) is 0 Å². The first-order chi connectivity index (χ1) is 13.7. The maximum absolute atomic E-state index is 13.8. The SMILES string of the molecule is Fc1cc(Cl)cc(Nc2nc3c(-c4nnc[nH]4)cccc3c3cnccc23)c1. The van der Waals surface area contributed by atoms with Crippen molar-refractivity contribution in [3.63, 3.8) is 0 Å². The van der Waals surface area contributed by atoms with Crippen LogP contribution in [-0.2, 0) is 0 Å². The van der Waals surface area contributed by atoms with Crippen LogP contribution in [0.1, 0.15) is 0 Å². The molecule has 2 aromatic carbocycles. The number of hydrogen-bond acceptors (Lipinski definition) is 5. The number of benzene rings is 2. The monoisotopic (exact) mass is 390 g/mol. The quantitative estimate of drug-likeness (QED) is 0.419. The van der Waals surface area contributed by atoms with Gasteiger partial charge in [0, 0.05) is 44.8 Å². The summed E-state index contributed by atoms with van der Waals surface area (Å²) in [7, 11) is 0. The van der Waals surface area contributed by atoms with Crippen LogP contribution in [-0.4, -0.2) is 25.1 Å². The molecule has 0 atom stereocenters. The number of nitrogens with zero attached hydrogens (tertiary/aromatic N) is 4. The molecule has 5 rings (SSSR count). The summed E-state index contributed by atoms with van der Waals surface area (Å²) < 4.78 is 13.8. The Bertz CT molecular complexity index is 1300. The Kier molecular flexibility index (Phi) is 3.87. The zero-order valence-electron chi connectivity index (χ0n) is 14.3. The van der Waals surface area contributed by atoms with E-state index in [9.17, 15) is 4.39 Å². The molecule has 0 unspecified atom stereocenters. The summed E-state index contributed by atoms with van der Waals surface area (Å²) in [5.41, 5.74) is 2.04. The van der Waals surface area contributed by atoms with Crippen LogP contribution in [0.5, 0.6) is 0 Å². The van der Waals surface area contributed by atoms with Gasteiger partial charge in [0.05, 0.1) is 5.52 Å². The van der Waals surface area contributed by atoms with Crippen molar-refractivity contribution in [1.29, 1.82) is 0 Å². The summed E-state index contributed by atoms with van der Waals surface area (Å²) in [6, 6.07) is 12.0. The molecule has 0 saturated heterocycles. The fourth-order valence-corrected chi connectivity index (χ4v) is 3.48. The third-order valence-corrected chi connectivity index (χ3v) is 4.64. The van der Waals surface area contributed by atoms with E-state index >= 15 is 0 Å². The average Bonchev–Trinajstić information content (AvgIpc) is 3.21. The molecule has 0 aliphatic heterocycles. The Morgan fingerprint density at radius 3 is 2.79 bits per heavy atom. The number of pyridine rings is 2. The molecular formula is C20H12ClFN6. The van der Waals surface area contributed by atoms with Gasteiger partial charge >= 0.3 is 0 Å². The summed E-state index contributed by atoms with van der Waals surface area (Å²) >= 11 is 5.99. The molecule has 0 aliphatic rings. The van der Waals surface area contributed by atoms with Crippen molar-refractivity contribution >= 4 is 44.8 Å². The number of anilines is 2. The Morgan fingerprint density at radius 2 is 1.96 bits per heavy atom. The fraction of sp³-hybridized carbons (Fsp3) is 0. The maximum atomic E-state index is 13.8. The van der Waals surface area contributed by atoms with Crippen molar-refractivity contribution in [3.05, 3.63) is 72.0 Å². The van der Waals surface area contributed by atoms with E-state index in [1.807, 2.05) is 24.3 Å². The minimum absolute atomic E-state index is 0.302. The molecule has 8 heteroatoms. The van der Waals surface area contributed by atoms with Crippen molar-refractivity contribution in [2.75, 3.05) is 5.32 Å². The lowest BCUT2D eigenvalue weighted by atomic mass is 10.0. The Hall–Kier alpha value is -3.58. The second-order valence-electron chi connectivity index (χ2n) is 6.20. The summed E-state index contributed by atoms with van der Waals surface area (Å²) in [5, 5.41) is 14.2. The lowest BCUT2D eigenvalue weighted by molar-refractivity contribution is 0.628. The van der Waals surface area contributed by atoms with Gasteiger partial charge in [-0.25, -0.2) is 9.37 Å². The van der Waals surface area contributed by atoms with E-state index in [1.165, 1.54) is 18.5 Å². The molecule has 28 heavy (non-hydrogen) atoms. The molecule has 0 amide bonds. The van der Waals surface area contributed by atoms with Crippen molar-refractivity contribution < 1.29 is 4.39 Å². The number of para-hydroxylation sites is 1. The minimum Gasteiger partial charge on any atom is -0.340 e. The summed E-state index contributed by atoms with van der Waals surface area (Å²) in [5.74, 6) is 0.753. The largest absolute Gasteiger partial charge is 0.340 e. The average molecular weight is 391 g/mol. The second-order valence-corrected chi connectivity index (χ2v) is 6.64. The van der Waals surface area contributed by atoms with E-state index in [4.69, 9.17) is 16.6 Å². The van der Waals surface area contributed by atoms with Crippen LogP contribution in [0, 0.1) is 5.82 Å². The number of hydrogen-bond donors (Lipinski definition) is 2. The van der Waals surface area contributed by atoms with Crippen LogP contribution in [0.4, 0.5) is 15.9 Å². The highest BCUT2D eigenvalue weighted by molar-refractivity contribution is 6.30. The lowest BCUT2D eigenvalue weighted by Crippen LogP contribution is -1.98. The number of halogens is 2. The fourth-order valence-electron chi connectivity index (χ4n) is 3.26. The van der Waals surface area contributed by atoms with Crippen molar-refractivity contribution in [1.82, 2.24) is 25.1 Å². The molecule has 0 saturated carbocycles. The highest BCUT2D eigenvalue weighted by Gasteiger charge is 2.14. The van der Waals surface area contributed by atoms with Gasteiger partial charge in [0.1, 0.15) is 18.0 Å². The van der Waals surface area contributed by atoms with Gasteiger partial charge in [0.25, 0.3) is 0 Å². The summed E-state index contributed by atoms with van der Waals surface area (Å²) in [6.07, 6.45) is 5.00. The number of aromatic amines is 1. The zero-order chi connectivity index (χ0) is 19.1. The Labute approximate surface area is 163 Å². The molecule has 0 bridgehead atoms. The highest BCUT2D eigenvalue weighted by atomic mass is 35.5. The topological polar surface area (TPSA) is 79.4 Å². The molecule has 3 heterocycles. The normalized spacial score (nSPS) is 11.2. The van der Waals surface area contributed by atoms with Gasteiger partial charge in [0.15, 0.2) is 5.82 Å². The molecule has 0 spiro atoms. The third kappa shape index (κ3) is 2.82. The van der Waals surface area contributed by atoms with E-state index in [0.29, 0.717) is 22.4 Å². The smallest absolute Gasteiger partial charge is 0.163 e. The van der Waals surface area contributed by atoms with Gasteiger partial charge in [-0.2, -0.15) is 0 Å².